The fraction of sp³-hybridized carbons (Fsp3) is 0.182. The highest BCUT2D eigenvalue weighted by atomic mass is 35.5. The summed E-state index contributed by atoms with van der Waals surface area (Å²) in [5, 5.41) is 5.93. The van der Waals surface area contributed by atoms with Gasteiger partial charge in [0.25, 0.3) is 0 Å². The summed E-state index contributed by atoms with van der Waals surface area (Å²) in [5.41, 5.74) is 2.10. The molecule has 166 valence electrons. The number of benzene rings is 2. The minimum Gasteiger partial charge on any atom is -0.298 e. The fourth-order valence-corrected chi connectivity index (χ4v) is 6.00. The number of hydrogen-bond acceptors (Lipinski definition) is 5. The van der Waals surface area contributed by atoms with Crippen molar-refractivity contribution in [3.05, 3.63) is 69.5 Å². The van der Waals surface area contributed by atoms with Gasteiger partial charge in [-0.25, -0.2) is 13.4 Å². The van der Waals surface area contributed by atoms with Crippen molar-refractivity contribution in [1.82, 2.24) is 9.29 Å². The molecular formula is C22H19Cl2N3O3S2. The maximum absolute atomic E-state index is 12.7. The first-order chi connectivity index (χ1) is 15.3. The average Bonchev–Trinajstić information content (AvgIpc) is 3.46. The number of carbonyl (C=O) groups is 1. The van der Waals surface area contributed by atoms with E-state index in [9.17, 15) is 13.2 Å². The van der Waals surface area contributed by atoms with Crippen LogP contribution in [0.4, 0.5) is 5.13 Å². The molecule has 32 heavy (non-hydrogen) atoms. The third-order valence-corrected chi connectivity index (χ3v) is 8.20. The number of nitrogens with one attached hydrogen (secondary N) is 1. The molecule has 0 unspecified atom stereocenters. The summed E-state index contributed by atoms with van der Waals surface area (Å²) in [6.07, 6.45) is 4.76. The zero-order valence-corrected chi connectivity index (χ0v) is 19.9. The van der Waals surface area contributed by atoms with Gasteiger partial charge in [-0.15, -0.1) is 11.3 Å². The quantitative estimate of drug-likeness (QED) is 0.443. The van der Waals surface area contributed by atoms with Crippen LogP contribution in [0.15, 0.2) is 58.8 Å². The molecular weight excluding hydrogens is 489 g/mol. The van der Waals surface area contributed by atoms with Gasteiger partial charge in [0.1, 0.15) is 0 Å². The Kier molecular flexibility index (Phi) is 6.97. The molecule has 1 saturated heterocycles. The monoisotopic (exact) mass is 507 g/mol. The number of halogens is 2. The molecule has 0 spiro atoms. The average molecular weight is 508 g/mol. The maximum atomic E-state index is 12.7. The summed E-state index contributed by atoms with van der Waals surface area (Å²) < 4.78 is 26.8. The molecule has 0 aliphatic carbocycles. The number of hydrogen-bond donors (Lipinski definition) is 1. The molecule has 2 heterocycles. The summed E-state index contributed by atoms with van der Waals surface area (Å²) in [7, 11) is -3.45. The van der Waals surface area contributed by atoms with Gasteiger partial charge in [0.2, 0.25) is 15.9 Å². The van der Waals surface area contributed by atoms with Crippen LogP contribution in [-0.2, 0) is 14.8 Å². The molecule has 0 saturated carbocycles. The lowest BCUT2D eigenvalue weighted by Gasteiger charge is -2.15. The topological polar surface area (TPSA) is 79.4 Å². The van der Waals surface area contributed by atoms with Gasteiger partial charge in [0.05, 0.1) is 10.6 Å². The van der Waals surface area contributed by atoms with Crippen LogP contribution in [-0.4, -0.2) is 36.7 Å². The number of carbonyl (C=O) groups excluding carboxylic acids is 1. The zero-order chi connectivity index (χ0) is 22.7. The van der Waals surface area contributed by atoms with Crippen molar-refractivity contribution in [2.24, 2.45) is 0 Å². The third kappa shape index (κ3) is 5.22. The molecule has 1 N–H and O–H groups in total. The summed E-state index contributed by atoms with van der Waals surface area (Å²) in [6, 6.07) is 11.7. The van der Waals surface area contributed by atoms with E-state index >= 15 is 0 Å². The van der Waals surface area contributed by atoms with E-state index in [1.807, 2.05) is 0 Å². The number of anilines is 1. The Morgan fingerprint density at radius 2 is 1.81 bits per heavy atom. The number of sulfonamides is 1. The van der Waals surface area contributed by atoms with Gasteiger partial charge >= 0.3 is 0 Å². The zero-order valence-electron chi connectivity index (χ0n) is 16.8. The molecule has 10 heteroatoms. The fourth-order valence-electron chi connectivity index (χ4n) is 3.29. The Bertz CT molecular complexity index is 1270. The molecule has 6 nitrogen and oxygen atoms in total. The Morgan fingerprint density at radius 3 is 2.50 bits per heavy atom. The minimum absolute atomic E-state index is 0.276. The van der Waals surface area contributed by atoms with Crippen LogP contribution in [0.25, 0.3) is 17.3 Å². The van der Waals surface area contributed by atoms with Gasteiger partial charge < -0.3 is 0 Å². The van der Waals surface area contributed by atoms with Crippen molar-refractivity contribution in [2.45, 2.75) is 17.7 Å². The molecule has 1 amide bonds. The van der Waals surface area contributed by atoms with E-state index in [0.29, 0.717) is 39.5 Å². The predicted molar refractivity (Wildman–Crippen MR) is 130 cm³/mol. The van der Waals surface area contributed by atoms with Crippen molar-refractivity contribution in [3.63, 3.8) is 0 Å². The largest absolute Gasteiger partial charge is 0.298 e. The molecule has 0 atom stereocenters. The highest BCUT2D eigenvalue weighted by Gasteiger charge is 2.27. The van der Waals surface area contributed by atoms with E-state index in [1.165, 1.54) is 21.7 Å². The number of thiazole rings is 1. The van der Waals surface area contributed by atoms with Gasteiger partial charge in [0, 0.05) is 40.2 Å². The molecule has 1 aliphatic heterocycles. The first-order valence-electron chi connectivity index (χ1n) is 9.83. The first-order valence-corrected chi connectivity index (χ1v) is 12.9. The molecule has 0 radical (unpaired) electrons. The van der Waals surface area contributed by atoms with E-state index < -0.39 is 10.0 Å². The van der Waals surface area contributed by atoms with Gasteiger partial charge in [-0.05, 0) is 48.7 Å². The smallest absolute Gasteiger partial charge is 0.250 e. The third-order valence-electron chi connectivity index (χ3n) is 4.96. The lowest BCUT2D eigenvalue weighted by atomic mass is 10.2. The number of aromatic nitrogens is 1. The summed E-state index contributed by atoms with van der Waals surface area (Å²) in [4.78, 5) is 16.9. The van der Waals surface area contributed by atoms with E-state index in [1.54, 1.807) is 53.9 Å². The van der Waals surface area contributed by atoms with E-state index in [2.05, 4.69) is 10.3 Å². The lowest BCUT2D eigenvalue weighted by molar-refractivity contribution is -0.111. The molecule has 4 rings (SSSR count). The molecule has 2 aromatic carbocycles. The number of amides is 1. The van der Waals surface area contributed by atoms with Crippen LogP contribution >= 0.6 is 34.5 Å². The van der Waals surface area contributed by atoms with E-state index in [-0.39, 0.29) is 10.8 Å². The Labute approximate surface area is 200 Å². The summed E-state index contributed by atoms with van der Waals surface area (Å²) >= 11 is 13.3. The van der Waals surface area contributed by atoms with Crippen molar-refractivity contribution < 1.29 is 13.2 Å². The van der Waals surface area contributed by atoms with Crippen LogP contribution in [0.5, 0.6) is 0 Å². The van der Waals surface area contributed by atoms with Crippen LogP contribution in [0.2, 0.25) is 10.0 Å². The SMILES string of the molecule is O=C(/C=C/c1ccc(Cl)cc1Cl)Nc1nc(-c2ccc(S(=O)(=O)N3CCCC3)cc2)cs1. The lowest BCUT2D eigenvalue weighted by Crippen LogP contribution is -2.27. The van der Waals surface area contributed by atoms with Gasteiger partial charge in [0.15, 0.2) is 5.13 Å². The molecule has 1 fully saturated rings. The second kappa shape index (κ2) is 9.72. The highest BCUT2D eigenvalue weighted by Crippen LogP contribution is 2.28. The molecule has 1 aromatic heterocycles. The number of nitrogens with zero attached hydrogens (tertiary/aromatic N) is 2. The number of rotatable bonds is 6. The van der Waals surface area contributed by atoms with Crippen LogP contribution in [0, 0.1) is 0 Å². The maximum Gasteiger partial charge on any atom is 0.250 e. The molecule has 1 aliphatic rings. The Morgan fingerprint density at radius 1 is 1.09 bits per heavy atom. The van der Waals surface area contributed by atoms with Crippen molar-refractivity contribution in [3.8, 4) is 11.3 Å². The van der Waals surface area contributed by atoms with Gasteiger partial charge in [-0.2, -0.15) is 4.31 Å². The Hall–Kier alpha value is -2.23. The highest BCUT2D eigenvalue weighted by molar-refractivity contribution is 7.89. The van der Waals surface area contributed by atoms with Gasteiger partial charge in [-0.3, -0.25) is 10.1 Å². The van der Waals surface area contributed by atoms with Crippen molar-refractivity contribution in [1.29, 1.82) is 0 Å². The normalized spacial score (nSPS) is 14.8. The predicted octanol–water partition coefficient (Wildman–Crippen LogP) is 5.55. The molecule has 0 bridgehead atoms. The minimum atomic E-state index is -3.45. The van der Waals surface area contributed by atoms with Crippen molar-refractivity contribution in [2.75, 3.05) is 18.4 Å². The van der Waals surface area contributed by atoms with Crippen LogP contribution in [0.3, 0.4) is 0 Å². The van der Waals surface area contributed by atoms with Crippen LogP contribution in [0.1, 0.15) is 18.4 Å². The van der Waals surface area contributed by atoms with E-state index in [0.717, 1.165) is 18.4 Å². The second-order valence-electron chi connectivity index (χ2n) is 7.16. The first kappa shape index (κ1) is 22.9. The van der Waals surface area contributed by atoms with E-state index in [4.69, 9.17) is 23.2 Å². The Balaban J connectivity index is 1.42. The summed E-state index contributed by atoms with van der Waals surface area (Å²) in [6.45, 7) is 1.13. The summed E-state index contributed by atoms with van der Waals surface area (Å²) in [5.74, 6) is -0.344. The second-order valence-corrected chi connectivity index (χ2v) is 10.8. The van der Waals surface area contributed by atoms with Gasteiger partial charge in [-0.1, -0.05) is 41.4 Å². The standard InChI is InChI=1S/C22H19Cl2N3O3S2/c23-17-7-3-15(19(24)13-17)6-10-21(28)26-22-25-20(14-31-22)16-4-8-18(9-5-16)32(29,30)27-11-1-2-12-27/h3-10,13-14H,1-2,11-12H2,(H,25,26,28)/b10-6+. The molecule has 3 aromatic rings. The van der Waals surface area contributed by atoms with Crippen molar-refractivity contribution >= 4 is 61.7 Å². The van der Waals surface area contributed by atoms with Crippen LogP contribution < -0.4 is 5.32 Å².